The fraction of sp³-hybridized carbons (Fsp3) is 0.429. The van der Waals surface area contributed by atoms with Gasteiger partial charge in [-0.15, -0.1) is 0 Å². The van der Waals surface area contributed by atoms with Gasteiger partial charge in [-0.3, -0.25) is 4.99 Å². The van der Waals surface area contributed by atoms with Gasteiger partial charge in [0.05, 0.1) is 24.1 Å². The van der Waals surface area contributed by atoms with Crippen LogP contribution >= 0.6 is 23.2 Å². The molecule has 0 radical (unpaired) electrons. The van der Waals surface area contributed by atoms with Crippen molar-refractivity contribution in [3.8, 4) is 6.07 Å². The van der Waals surface area contributed by atoms with Gasteiger partial charge in [-0.05, 0) is 38.5 Å². The summed E-state index contributed by atoms with van der Waals surface area (Å²) in [7, 11) is 0. The highest BCUT2D eigenvalue weighted by molar-refractivity contribution is 6.35. The Balaban J connectivity index is 2.73. The quantitative estimate of drug-likeness (QED) is 0.660. The fourth-order valence-corrected chi connectivity index (χ4v) is 2.09. The van der Waals surface area contributed by atoms with Gasteiger partial charge in [0, 0.05) is 10.0 Å². The molecule has 0 aliphatic heterocycles. The maximum Gasteiger partial charge on any atom is 0.189 e. The highest BCUT2D eigenvalue weighted by Crippen LogP contribution is 2.25. The molecule has 0 fully saturated rings. The van der Waals surface area contributed by atoms with E-state index in [0.29, 0.717) is 16.6 Å². The summed E-state index contributed by atoms with van der Waals surface area (Å²) in [5.74, 6) is 0.284. The SMILES string of the molecule is CC(NC(N)=NCC(C)(C)C#N)c1ccc(Cl)cc1Cl. The van der Waals surface area contributed by atoms with E-state index in [9.17, 15) is 0 Å². The van der Waals surface area contributed by atoms with Crippen molar-refractivity contribution in [2.45, 2.75) is 26.8 Å². The zero-order valence-corrected chi connectivity index (χ0v) is 13.3. The number of benzene rings is 1. The monoisotopic (exact) mass is 312 g/mol. The molecule has 20 heavy (non-hydrogen) atoms. The average Bonchev–Trinajstić information content (AvgIpc) is 2.36. The molecule has 1 unspecified atom stereocenters. The summed E-state index contributed by atoms with van der Waals surface area (Å²) in [4.78, 5) is 4.17. The van der Waals surface area contributed by atoms with Crippen LogP contribution in [-0.4, -0.2) is 12.5 Å². The number of nitrogens with one attached hydrogen (secondary N) is 1. The van der Waals surface area contributed by atoms with E-state index in [4.69, 9.17) is 34.2 Å². The molecule has 4 nitrogen and oxygen atoms in total. The zero-order valence-electron chi connectivity index (χ0n) is 11.7. The second-order valence-corrected chi connectivity index (χ2v) is 6.07. The Bertz CT molecular complexity index is 547. The topological polar surface area (TPSA) is 74.2 Å². The Morgan fingerprint density at radius 2 is 2.15 bits per heavy atom. The van der Waals surface area contributed by atoms with E-state index in [1.54, 1.807) is 12.1 Å². The molecule has 0 aliphatic rings. The van der Waals surface area contributed by atoms with E-state index in [1.165, 1.54) is 0 Å². The van der Waals surface area contributed by atoms with E-state index < -0.39 is 5.41 Å². The molecule has 0 amide bonds. The third-order valence-corrected chi connectivity index (χ3v) is 3.30. The Morgan fingerprint density at radius 1 is 1.50 bits per heavy atom. The number of nitrogens with two attached hydrogens (primary N) is 1. The van der Waals surface area contributed by atoms with Gasteiger partial charge in [0.25, 0.3) is 0 Å². The lowest BCUT2D eigenvalue weighted by Gasteiger charge is -2.18. The summed E-state index contributed by atoms with van der Waals surface area (Å²) in [5.41, 5.74) is 6.16. The highest BCUT2D eigenvalue weighted by Gasteiger charge is 2.16. The van der Waals surface area contributed by atoms with Crippen LogP contribution in [0.25, 0.3) is 0 Å². The highest BCUT2D eigenvalue weighted by atomic mass is 35.5. The Kier molecular flexibility index (Phi) is 5.67. The first-order valence-corrected chi connectivity index (χ1v) is 6.93. The van der Waals surface area contributed by atoms with Crippen LogP contribution < -0.4 is 11.1 Å². The third kappa shape index (κ3) is 4.92. The van der Waals surface area contributed by atoms with Crippen molar-refractivity contribution in [3.63, 3.8) is 0 Å². The molecule has 1 aromatic rings. The molecule has 1 rings (SSSR count). The van der Waals surface area contributed by atoms with Crippen molar-refractivity contribution in [1.29, 1.82) is 5.26 Å². The van der Waals surface area contributed by atoms with Crippen LogP contribution in [0.3, 0.4) is 0 Å². The van der Waals surface area contributed by atoms with Gasteiger partial charge in [-0.25, -0.2) is 0 Å². The molecule has 0 aliphatic carbocycles. The molecule has 0 bridgehead atoms. The van der Waals surface area contributed by atoms with Crippen molar-refractivity contribution in [2.24, 2.45) is 16.1 Å². The normalized spacial score (nSPS) is 13.7. The Hall–Kier alpha value is -1.44. The van der Waals surface area contributed by atoms with Crippen LogP contribution in [0.2, 0.25) is 10.0 Å². The number of aliphatic imine (C=N–C) groups is 1. The molecular weight excluding hydrogens is 295 g/mol. The zero-order chi connectivity index (χ0) is 15.3. The lowest BCUT2D eigenvalue weighted by molar-refractivity contribution is 0.510. The summed E-state index contributed by atoms with van der Waals surface area (Å²) >= 11 is 12.0. The van der Waals surface area contributed by atoms with Crippen LogP contribution in [0, 0.1) is 16.7 Å². The molecule has 6 heteroatoms. The van der Waals surface area contributed by atoms with Gasteiger partial charge < -0.3 is 11.1 Å². The number of guanidine groups is 1. The molecule has 108 valence electrons. The molecule has 1 aromatic carbocycles. The van der Waals surface area contributed by atoms with Crippen LogP contribution in [0.15, 0.2) is 23.2 Å². The average molecular weight is 313 g/mol. The van der Waals surface area contributed by atoms with Crippen molar-refractivity contribution in [1.82, 2.24) is 5.32 Å². The number of hydrogen-bond acceptors (Lipinski definition) is 2. The summed E-state index contributed by atoms with van der Waals surface area (Å²) in [6.45, 7) is 5.88. The lowest BCUT2D eigenvalue weighted by Crippen LogP contribution is -2.35. The Labute approximate surface area is 129 Å². The predicted molar refractivity (Wildman–Crippen MR) is 83.9 cm³/mol. The second kappa shape index (κ2) is 6.83. The van der Waals surface area contributed by atoms with E-state index in [0.717, 1.165) is 5.56 Å². The van der Waals surface area contributed by atoms with E-state index in [2.05, 4.69) is 16.4 Å². The van der Waals surface area contributed by atoms with Crippen LogP contribution in [-0.2, 0) is 0 Å². The van der Waals surface area contributed by atoms with Gasteiger partial charge in [-0.1, -0.05) is 29.3 Å². The number of nitrogens with zero attached hydrogens (tertiary/aromatic N) is 2. The first-order chi connectivity index (χ1) is 9.25. The second-order valence-electron chi connectivity index (χ2n) is 5.23. The van der Waals surface area contributed by atoms with Gasteiger partial charge >= 0.3 is 0 Å². The van der Waals surface area contributed by atoms with Crippen molar-refractivity contribution < 1.29 is 0 Å². The number of nitriles is 1. The minimum Gasteiger partial charge on any atom is -0.370 e. The molecule has 3 N–H and O–H groups in total. The first kappa shape index (κ1) is 16.6. The van der Waals surface area contributed by atoms with Gasteiger partial charge in [0.15, 0.2) is 5.96 Å². The van der Waals surface area contributed by atoms with Gasteiger partial charge in [0.2, 0.25) is 0 Å². The molecule has 0 heterocycles. The van der Waals surface area contributed by atoms with Crippen molar-refractivity contribution in [3.05, 3.63) is 33.8 Å². The largest absolute Gasteiger partial charge is 0.370 e. The molecule has 0 aromatic heterocycles. The summed E-state index contributed by atoms with van der Waals surface area (Å²) < 4.78 is 0. The van der Waals surface area contributed by atoms with Gasteiger partial charge in [-0.2, -0.15) is 5.26 Å². The molecular formula is C14H18Cl2N4. The van der Waals surface area contributed by atoms with Crippen molar-refractivity contribution >= 4 is 29.2 Å². The fourth-order valence-electron chi connectivity index (χ4n) is 1.52. The Morgan fingerprint density at radius 3 is 2.70 bits per heavy atom. The molecule has 1 atom stereocenters. The minimum absolute atomic E-state index is 0.103. The van der Waals surface area contributed by atoms with Crippen molar-refractivity contribution in [2.75, 3.05) is 6.54 Å². The number of rotatable bonds is 4. The first-order valence-electron chi connectivity index (χ1n) is 6.18. The summed E-state index contributed by atoms with van der Waals surface area (Å²) in [5, 5.41) is 13.1. The predicted octanol–water partition coefficient (Wildman–Crippen LogP) is 3.51. The maximum absolute atomic E-state index is 8.92. The lowest BCUT2D eigenvalue weighted by atomic mass is 9.96. The number of hydrogen-bond donors (Lipinski definition) is 2. The molecule has 0 saturated heterocycles. The van der Waals surface area contributed by atoms with Crippen LogP contribution in [0.5, 0.6) is 0 Å². The van der Waals surface area contributed by atoms with Gasteiger partial charge in [0.1, 0.15) is 0 Å². The van der Waals surface area contributed by atoms with E-state index in [-0.39, 0.29) is 12.0 Å². The van der Waals surface area contributed by atoms with E-state index in [1.807, 2.05) is 26.8 Å². The molecule has 0 saturated carbocycles. The maximum atomic E-state index is 8.92. The van der Waals surface area contributed by atoms with Crippen LogP contribution in [0.1, 0.15) is 32.4 Å². The smallest absolute Gasteiger partial charge is 0.189 e. The van der Waals surface area contributed by atoms with E-state index >= 15 is 0 Å². The third-order valence-electron chi connectivity index (χ3n) is 2.74. The number of halogens is 2. The molecule has 0 spiro atoms. The summed E-state index contributed by atoms with van der Waals surface area (Å²) in [6.07, 6.45) is 0. The van der Waals surface area contributed by atoms with Crippen LogP contribution in [0.4, 0.5) is 0 Å². The minimum atomic E-state index is -0.534. The standard InChI is InChI=1S/C14H18Cl2N4/c1-9(11-5-4-10(15)6-12(11)16)20-13(18)19-8-14(2,3)7-17/h4-6,9H,8H2,1-3H3,(H3,18,19,20). The summed E-state index contributed by atoms with van der Waals surface area (Å²) in [6, 6.07) is 7.36.